The Hall–Kier alpha value is -3.43. The predicted molar refractivity (Wildman–Crippen MR) is 105 cm³/mol. The Balaban J connectivity index is 1.67. The zero-order valence-electron chi connectivity index (χ0n) is 16.2. The van der Waals surface area contributed by atoms with Gasteiger partial charge in [-0.2, -0.15) is 9.61 Å². The van der Waals surface area contributed by atoms with E-state index in [1.165, 1.54) is 0 Å². The first-order valence-electron chi connectivity index (χ1n) is 9.53. The highest BCUT2D eigenvalue weighted by atomic mass is 16.5. The number of hydrogen-bond donors (Lipinski definition) is 3. The van der Waals surface area contributed by atoms with E-state index in [1.54, 1.807) is 22.9 Å². The molecule has 0 atom stereocenters. The Morgan fingerprint density at radius 1 is 1.41 bits per heavy atom. The van der Waals surface area contributed by atoms with Gasteiger partial charge in [-0.3, -0.25) is 20.2 Å². The van der Waals surface area contributed by atoms with E-state index in [2.05, 4.69) is 26.0 Å². The fraction of sp³-hybridized carbons (Fsp3) is 0.421. The number of imide groups is 1. The quantitative estimate of drug-likeness (QED) is 0.501. The maximum absolute atomic E-state index is 12.1. The van der Waals surface area contributed by atoms with Crippen molar-refractivity contribution in [2.75, 3.05) is 17.2 Å². The normalized spacial score (nSPS) is 17.8. The smallest absolute Gasteiger partial charge is 0.412 e. The van der Waals surface area contributed by atoms with Gasteiger partial charge in [0.1, 0.15) is 11.6 Å². The van der Waals surface area contributed by atoms with Crippen molar-refractivity contribution in [3.05, 3.63) is 23.4 Å². The topological polar surface area (TPSA) is 127 Å². The molecular formula is C19H22N6O4. The van der Waals surface area contributed by atoms with E-state index in [0.717, 1.165) is 12.8 Å². The molecule has 10 nitrogen and oxygen atoms in total. The molecule has 3 N–H and O–H groups in total. The Kier molecular flexibility index (Phi) is 4.91. The van der Waals surface area contributed by atoms with Crippen molar-refractivity contribution < 1.29 is 19.1 Å². The molecule has 2 aliphatic rings. The molecule has 0 spiro atoms. The maximum Gasteiger partial charge on any atom is 0.412 e. The van der Waals surface area contributed by atoms with Crippen LogP contribution in [-0.2, 0) is 14.3 Å². The number of nitrogens with zero attached hydrogens (tertiary/aromatic N) is 3. The van der Waals surface area contributed by atoms with Gasteiger partial charge in [-0.05, 0) is 24.8 Å². The number of hydrogen-bond acceptors (Lipinski definition) is 7. The summed E-state index contributed by atoms with van der Waals surface area (Å²) in [5.41, 5.74) is 1.37. The molecule has 1 saturated carbocycles. The van der Waals surface area contributed by atoms with Gasteiger partial charge in [-0.1, -0.05) is 13.8 Å². The fourth-order valence-corrected chi connectivity index (χ4v) is 2.88. The van der Waals surface area contributed by atoms with Gasteiger partial charge in [0.15, 0.2) is 5.65 Å². The number of aromatic nitrogens is 3. The second kappa shape index (κ2) is 7.53. The second-order valence-electron chi connectivity index (χ2n) is 7.62. The molecule has 2 aromatic heterocycles. The standard InChI is InChI=1S/C19H22N6O4/c1-10(2)9-29-19(28)23-14-7-15(21-13-3-4-13)25-17(22-14)12(8-20-25)5-11-6-16(26)24-18(11)27/h5,7-8,10,13,21H,3-4,6,9H2,1-2H3,(H,22,23,28)(H,24,26,27)/b11-5+. The average Bonchev–Trinajstić information content (AvgIpc) is 3.29. The zero-order chi connectivity index (χ0) is 20.5. The molecule has 4 rings (SSSR count). The molecule has 0 aromatic carbocycles. The van der Waals surface area contributed by atoms with Crippen LogP contribution in [0.5, 0.6) is 0 Å². The van der Waals surface area contributed by atoms with Crippen molar-refractivity contribution in [1.82, 2.24) is 19.9 Å². The number of carbonyl (C=O) groups is 3. The number of fused-ring (bicyclic) bond motifs is 1. The zero-order valence-corrected chi connectivity index (χ0v) is 16.2. The highest BCUT2D eigenvalue weighted by Crippen LogP contribution is 2.28. The number of ether oxygens (including phenoxy) is 1. The molecule has 152 valence electrons. The van der Waals surface area contributed by atoms with Gasteiger partial charge in [0.25, 0.3) is 5.91 Å². The summed E-state index contributed by atoms with van der Waals surface area (Å²) in [6.07, 6.45) is 4.71. The summed E-state index contributed by atoms with van der Waals surface area (Å²) in [5, 5.41) is 12.6. The summed E-state index contributed by atoms with van der Waals surface area (Å²) in [6, 6.07) is 2.04. The molecule has 2 aromatic rings. The molecule has 2 fully saturated rings. The number of anilines is 2. The molecule has 3 heterocycles. The number of rotatable bonds is 6. The van der Waals surface area contributed by atoms with Crippen molar-refractivity contribution in [1.29, 1.82) is 0 Å². The van der Waals surface area contributed by atoms with Crippen molar-refractivity contribution in [2.45, 2.75) is 39.2 Å². The van der Waals surface area contributed by atoms with Crippen molar-refractivity contribution in [3.63, 3.8) is 0 Å². The van der Waals surface area contributed by atoms with Crippen LogP contribution in [0.3, 0.4) is 0 Å². The molecule has 1 aliphatic carbocycles. The first-order valence-corrected chi connectivity index (χ1v) is 9.53. The van der Waals surface area contributed by atoms with Gasteiger partial charge >= 0.3 is 6.09 Å². The summed E-state index contributed by atoms with van der Waals surface area (Å²) in [7, 11) is 0. The molecule has 3 amide bonds. The van der Waals surface area contributed by atoms with Crippen molar-refractivity contribution in [3.8, 4) is 0 Å². The molecule has 29 heavy (non-hydrogen) atoms. The van der Waals surface area contributed by atoms with Crippen LogP contribution in [0.25, 0.3) is 11.7 Å². The highest BCUT2D eigenvalue weighted by Gasteiger charge is 2.26. The van der Waals surface area contributed by atoms with E-state index < -0.39 is 12.0 Å². The lowest BCUT2D eigenvalue weighted by Gasteiger charge is -2.12. The minimum atomic E-state index is -0.590. The van der Waals surface area contributed by atoms with E-state index in [4.69, 9.17) is 4.74 Å². The van der Waals surface area contributed by atoms with Crippen LogP contribution in [0, 0.1) is 5.92 Å². The van der Waals surface area contributed by atoms with Crippen molar-refractivity contribution in [2.24, 2.45) is 5.92 Å². The third kappa shape index (κ3) is 4.36. The maximum atomic E-state index is 12.1. The summed E-state index contributed by atoms with van der Waals surface area (Å²) in [5.74, 6) is 0.445. The van der Waals surface area contributed by atoms with Gasteiger partial charge < -0.3 is 10.1 Å². The van der Waals surface area contributed by atoms with Gasteiger partial charge in [0.2, 0.25) is 5.91 Å². The Morgan fingerprint density at radius 3 is 2.86 bits per heavy atom. The Bertz CT molecular complexity index is 1020. The number of amides is 3. The molecule has 0 bridgehead atoms. The highest BCUT2D eigenvalue weighted by molar-refractivity contribution is 6.15. The van der Waals surface area contributed by atoms with Crippen LogP contribution >= 0.6 is 0 Å². The van der Waals surface area contributed by atoms with E-state index >= 15 is 0 Å². The molecule has 10 heteroatoms. The lowest BCUT2D eigenvalue weighted by atomic mass is 10.1. The largest absolute Gasteiger partial charge is 0.449 e. The SMILES string of the molecule is CC(C)COC(=O)Nc1cc(NC2CC2)n2ncc(/C=C3\CC(=O)NC3=O)c2n1. The van der Waals surface area contributed by atoms with Gasteiger partial charge in [-0.25, -0.2) is 9.78 Å². The minimum Gasteiger partial charge on any atom is -0.449 e. The Labute approximate surface area is 166 Å². The molecule has 0 unspecified atom stereocenters. The van der Waals surface area contributed by atoms with Crippen molar-refractivity contribution >= 4 is 41.3 Å². The Morgan fingerprint density at radius 2 is 2.21 bits per heavy atom. The summed E-state index contributed by atoms with van der Waals surface area (Å²) >= 11 is 0. The van der Waals surface area contributed by atoms with Crippen LogP contribution in [0.1, 0.15) is 38.7 Å². The monoisotopic (exact) mass is 398 g/mol. The minimum absolute atomic E-state index is 0.0167. The third-order valence-corrected chi connectivity index (χ3v) is 4.43. The molecule has 0 radical (unpaired) electrons. The van der Waals surface area contributed by atoms with E-state index in [9.17, 15) is 14.4 Å². The number of nitrogens with one attached hydrogen (secondary N) is 3. The van der Waals surface area contributed by atoms with Crippen LogP contribution in [0.4, 0.5) is 16.4 Å². The number of carbonyl (C=O) groups excluding carboxylic acids is 3. The van der Waals surface area contributed by atoms with Crippen LogP contribution < -0.4 is 16.0 Å². The van der Waals surface area contributed by atoms with Crippen LogP contribution in [-0.4, -0.2) is 45.2 Å². The fourth-order valence-electron chi connectivity index (χ4n) is 2.88. The van der Waals surface area contributed by atoms with Crippen LogP contribution in [0.2, 0.25) is 0 Å². The lowest BCUT2D eigenvalue weighted by Crippen LogP contribution is -2.19. The molecule has 1 aliphatic heterocycles. The summed E-state index contributed by atoms with van der Waals surface area (Å²) in [4.78, 5) is 39.8. The third-order valence-electron chi connectivity index (χ3n) is 4.43. The summed E-state index contributed by atoms with van der Waals surface area (Å²) in [6.45, 7) is 4.20. The van der Waals surface area contributed by atoms with E-state index in [-0.39, 0.29) is 18.2 Å². The average molecular weight is 398 g/mol. The lowest BCUT2D eigenvalue weighted by molar-refractivity contribution is -0.124. The van der Waals surface area contributed by atoms with Gasteiger partial charge in [0, 0.05) is 23.2 Å². The van der Waals surface area contributed by atoms with Crippen LogP contribution in [0.15, 0.2) is 17.8 Å². The predicted octanol–water partition coefficient (Wildman–Crippen LogP) is 1.94. The first-order chi connectivity index (χ1) is 13.9. The second-order valence-corrected chi connectivity index (χ2v) is 7.62. The van der Waals surface area contributed by atoms with E-state index in [1.807, 2.05) is 13.8 Å². The van der Waals surface area contributed by atoms with Gasteiger partial charge in [0.05, 0.1) is 19.2 Å². The molecular weight excluding hydrogens is 376 g/mol. The van der Waals surface area contributed by atoms with Gasteiger partial charge in [-0.15, -0.1) is 0 Å². The first kappa shape index (κ1) is 18.9. The van der Waals surface area contributed by atoms with E-state index in [0.29, 0.717) is 41.1 Å². The molecule has 1 saturated heterocycles. The summed E-state index contributed by atoms with van der Waals surface area (Å²) < 4.78 is 6.78.